The predicted octanol–water partition coefficient (Wildman–Crippen LogP) is 2.69. The van der Waals surface area contributed by atoms with Crippen LogP contribution in [-0.4, -0.2) is 51.2 Å². The van der Waals surface area contributed by atoms with Crippen molar-refractivity contribution >= 4 is 5.97 Å². The molecule has 0 spiro atoms. The number of carbonyl (C=O) groups is 1. The van der Waals surface area contributed by atoms with Gasteiger partial charge in [-0.25, -0.2) is 4.79 Å². The Balaban J connectivity index is 2.22. The van der Waals surface area contributed by atoms with E-state index in [1.54, 1.807) is 31.4 Å². The van der Waals surface area contributed by atoms with Gasteiger partial charge < -0.3 is 18.9 Å². The number of carbonyl (C=O) groups excluding carboxylic acids is 1. The molecular formula is C17H26O5. The van der Waals surface area contributed by atoms with Gasteiger partial charge in [0.25, 0.3) is 0 Å². The largest absolute Gasteiger partial charge is 0.457 e. The van der Waals surface area contributed by atoms with Gasteiger partial charge >= 0.3 is 5.97 Å². The van der Waals surface area contributed by atoms with Gasteiger partial charge in [0.2, 0.25) is 0 Å². The van der Waals surface area contributed by atoms with Gasteiger partial charge in [-0.05, 0) is 32.9 Å². The molecule has 5 heteroatoms. The van der Waals surface area contributed by atoms with Gasteiger partial charge in [0.1, 0.15) is 6.10 Å². The zero-order chi connectivity index (χ0) is 16.4. The first-order valence-electron chi connectivity index (χ1n) is 7.51. The Morgan fingerprint density at radius 3 is 2.05 bits per heavy atom. The first-order valence-corrected chi connectivity index (χ1v) is 7.51. The predicted molar refractivity (Wildman–Crippen MR) is 84.0 cm³/mol. The van der Waals surface area contributed by atoms with Crippen molar-refractivity contribution in [3.8, 4) is 0 Å². The summed E-state index contributed by atoms with van der Waals surface area (Å²) in [6.07, 6.45) is -0.354. The number of hydrogen-bond acceptors (Lipinski definition) is 5. The lowest BCUT2D eigenvalue weighted by molar-refractivity contribution is -0.0692. The second-order valence-corrected chi connectivity index (χ2v) is 5.33. The van der Waals surface area contributed by atoms with E-state index in [0.29, 0.717) is 25.4 Å². The van der Waals surface area contributed by atoms with Crippen molar-refractivity contribution in [2.24, 2.45) is 0 Å². The quantitative estimate of drug-likeness (QED) is 0.622. The van der Waals surface area contributed by atoms with Crippen molar-refractivity contribution in [2.75, 3.05) is 26.9 Å². The maximum atomic E-state index is 11.9. The summed E-state index contributed by atoms with van der Waals surface area (Å²) >= 11 is 0. The maximum absolute atomic E-state index is 11.9. The minimum atomic E-state index is -0.339. The fraction of sp³-hybridized carbons (Fsp3) is 0.588. The molecule has 0 radical (unpaired) electrons. The van der Waals surface area contributed by atoms with Crippen LogP contribution >= 0.6 is 0 Å². The summed E-state index contributed by atoms with van der Waals surface area (Å²) in [5.74, 6) is -0.339. The van der Waals surface area contributed by atoms with Gasteiger partial charge in [-0.1, -0.05) is 18.2 Å². The normalized spacial score (nSPS) is 15.1. The average molecular weight is 310 g/mol. The Labute approximate surface area is 132 Å². The van der Waals surface area contributed by atoms with E-state index in [-0.39, 0.29) is 24.3 Å². The third-order valence-corrected chi connectivity index (χ3v) is 2.95. The fourth-order valence-corrected chi connectivity index (χ4v) is 1.79. The Morgan fingerprint density at radius 1 is 0.909 bits per heavy atom. The summed E-state index contributed by atoms with van der Waals surface area (Å²) < 4.78 is 21.5. The summed E-state index contributed by atoms with van der Waals surface area (Å²) in [7, 11) is 1.64. The molecule has 0 saturated heterocycles. The van der Waals surface area contributed by atoms with Crippen LogP contribution in [0.15, 0.2) is 30.3 Å². The third kappa shape index (κ3) is 7.54. The van der Waals surface area contributed by atoms with Crippen molar-refractivity contribution < 1.29 is 23.7 Å². The zero-order valence-corrected chi connectivity index (χ0v) is 13.8. The molecule has 5 nitrogen and oxygen atoms in total. The Hall–Kier alpha value is -1.43. The highest BCUT2D eigenvalue weighted by atomic mass is 16.6. The molecule has 0 fully saturated rings. The van der Waals surface area contributed by atoms with Gasteiger partial charge in [-0.3, -0.25) is 0 Å². The standard InChI is InChI=1S/C17H26O5/c1-13(10-19-4)20-11-14(2)21-12-15(3)22-17(18)16-8-6-5-7-9-16/h5-9,13-15H,10-12H2,1-4H3. The van der Waals surface area contributed by atoms with E-state index in [0.717, 1.165) is 0 Å². The highest BCUT2D eigenvalue weighted by Gasteiger charge is 2.14. The summed E-state index contributed by atoms with van der Waals surface area (Å²) in [5, 5.41) is 0. The van der Waals surface area contributed by atoms with E-state index < -0.39 is 0 Å². The van der Waals surface area contributed by atoms with Gasteiger partial charge in [-0.15, -0.1) is 0 Å². The fourth-order valence-electron chi connectivity index (χ4n) is 1.79. The third-order valence-electron chi connectivity index (χ3n) is 2.95. The van der Waals surface area contributed by atoms with Crippen molar-refractivity contribution in [3.63, 3.8) is 0 Å². The lowest BCUT2D eigenvalue weighted by Gasteiger charge is -2.19. The van der Waals surface area contributed by atoms with Gasteiger partial charge in [-0.2, -0.15) is 0 Å². The molecule has 1 rings (SSSR count). The maximum Gasteiger partial charge on any atom is 0.338 e. The van der Waals surface area contributed by atoms with Crippen LogP contribution in [0.25, 0.3) is 0 Å². The number of ether oxygens (including phenoxy) is 4. The summed E-state index contributed by atoms with van der Waals surface area (Å²) in [6.45, 7) is 7.04. The molecule has 0 N–H and O–H groups in total. The van der Waals surface area contributed by atoms with Crippen molar-refractivity contribution in [1.82, 2.24) is 0 Å². The second kappa shape index (κ2) is 10.3. The van der Waals surface area contributed by atoms with E-state index in [1.807, 2.05) is 26.8 Å². The minimum absolute atomic E-state index is 0.0318. The van der Waals surface area contributed by atoms with E-state index in [1.165, 1.54) is 0 Å². The van der Waals surface area contributed by atoms with E-state index >= 15 is 0 Å². The monoisotopic (exact) mass is 310 g/mol. The van der Waals surface area contributed by atoms with Crippen LogP contribution in [0.1, 0.15) is 31.1 Å². The summed E-state index contributed by atoms with van der Waals surface area (Å²) in [5.41, 5.74) is 0.541. The average Bonchev–Trinajstić information content (AvgIpc) is 2.52. The lowest BCUT2D eigenvalue weighted by atomic mass is 10.2. The molecule has 124 valence electrons. The van der Waals surface area contributed by atoms with Gasteiger partial charge in [0, 0.05) is 7.11 Å². The minimum Gasteiger partial charge on any atom is -0.457 e. The number of methoxy groups -OCH3 is 1. The smallest absolute Gasteiger partial charge is 0.338 e. The highest BCUT2D eigenvalue weighted by molar-refractivity contribution is 5.89. The molecule has 3 atom stereocenters. The van der Waals surface area contributed by atoms with Crippen LogP contribution in [0.3, 0.4) is 0 Å². The van der Waals surface area contributed by atoms with Crippen LogP contribution in [0.4, 0.5) is 0 Å². The Kier molecular flexibility index (Phi) is 8.74. The molecule has 0 aromatic heterocycles. The lowest BCUT2D eigenvalue weighted by Crippen LogP contribution is -2.27. The second-order valence-electron chi connectivity index (χ2n) is 5.33. The number of rotatable bonds is 10. The SMILES string of the molecule is COCC(C)OCC(C)OCC(C)OC(=O)c1ccccc1. The topological polar surface area (TPSA) is 54.0 Å². The molecule has 1 aromatic rings. The molecule has 0 aliphatic rings. The van der Waals surface area contributed by atoms with Gasteiger partial charge in [0.15, 0.2) is 0 Å². The molecule has 0 heterocycles. The summed E-state index contributed by atoms with van der Waals surface area (Å²) in [6, 6.07) is 8.92. The molecule has 0 aliphatic carbocycles. The zero-order valence-electron chi connectivity index (χ0n) is 13.8. The Morgan fingerprint density at radius 2 is 1.45 bits per heavy atom. The van der Waals surface area contributed by atoms with E-state index in [4.69, 9.17) is 18.9 Å². The van der Waals surface area contributed by atoms with Crippen LogP contribution in [0, 0.1) is 0 Å². The molecule has 3 unspecified atom stereocenters. The molecule has 0 saturated carbocycles. The van der Waals surface area contributed by atoms with Crippen molar-refractivity contribution in [1.29, 1.82) is 0 Å². The van der Waals surface area contributed by atoms with Crippen LogP contribution < -0.4 is 0 Å². The Bertz CT molecular complexity index is 420. The first-order chi connectivity index (χ1) is 10.5. The number of esters is 1. The number of benzene rings is 1. The van der Waals surface area contributed by atoms with Crippen LogP contribution in [-0.2, 0) is 18.9 Å². The highest BCUT2D eigenvalue weighted by Crippen LogP contribution is 2.05. The molecule has 0 bridgehead atoms. The van der Waals surface area contributed by atoms with Crippen molar-refractivity contribution in [2.45, 2.75) is 39.1 Å². The van der Waals surface area contributed by atoms with E-state index in [9.17, 15) is 4.79 Å². The van der Waals surface area contributed by atoms with Crippen molar-refractivity contribution in [3.05, 3.63) is 35.9 Å². The van der Waals surface area contributed by atoms with Crippen LogP contribution in [0.5, 0.6) is 0 Å². The molecule has 1 aromatic carbocycles. The molecule has 22 heavy (non-hydrogen) atoms. The van der Waals surface area contributed by atoms with E-state index in [2.05, 4.69) is 0 Å². The first kappa shape index (κ1) is 18.6. The van der Waals surface area contributed by atoms with Crippen LogP contribution in [0.2, 0.25) is 0 Å². The summed E-state index contributed by atoms with van der Waals surface area (Å²) in [4.78, 5) is 11.9. The molecule has 0 amide bonds. The molecule has 0 aliphatic heterocycles. The van der Waals surface area contributed by atoms with Gasteiger partial charge in [0.05, 0.1) is 37.6 Å². The molecular weight excluding hydrogens is 284 g/mol. The number of hydrogen-bond donors (Lipinski definition) is 0.